The molecule has 3 heterocycles. The van der Waals surface area contributed by atoms with Crippen LogP contribution in [-0.2, 0) is 7.05 Å². The van der Waals surface area contributed by atoms with Gasteiger partial charge in [0.15, 0.2) is 0 Å². The van der Waals surface area contributed by atoms with Crippen LogP contribution in [0.2, 0.25) is 0 Å². The third-order valence-electron chi connectivity index (χ3n) is 7.18. The molecule has 1 aliphatic carbocycles. The number of anilines is 2. The Balaban J connectivity index is 1.46. The van der Waals surface area contributed by atoms with E-state index in [1.54, 1.807) is 11.0 Å². The third-order valence-corrected chi connectivity index (χ3v) is 7.18. The lowest BCUT2D eigenvalue weighted by atomic mass is 9.91. The van der Waals surface area contributed by atoms with Gasteiger partial charge in [0.1, 0.15) is 23.6 Å². The monoisotopic (exact) mass is 436 g/mol. The summed E-state index contributed by atoms with van der Waals surface area (Å²) in [4.78, 5) is 24.9. The molecule has 1 saturated heterocycles. The molecule has 2 fully saturated rings. The summed E-state index contributed by atoms with van der Waals surface area (Å²) in [6, 6.07) is 5.11. The average molecular weight is 437 g/mol. The number of nitrogen functional groups attached to an aromatic ring is 1. The molecule has 1 atom stereocenters. The Labute approximate surface area is 187 Å². The second-order valence-electron chi connectivity index (χ2n) is 9.10. The Morgan fingerprint density at radius 1 is 1.06 bits per heavy atom. The molecule has 2 N–H and O–H groups in total. The van der Waals surface area contributed by atoms with Crippen molar-refractivity contribution in [1.29, 1.82) is 0 Å². The summed E-state index contributed by atoms with van der Waals surface area (Å²) < 4.78 is 17.2. The molecule has 0 bridgehead atoms. The highest BCUT2D eigenvalue weighted by molar-refractivity contribution is 6.01. The summed E-state index contributed by atoms with van der Waals surface area (Å²) in [5, 5.41) is 0.632. The fourth-order valence-electron chi connectivity index (χ4n) is 5.43. The molecule has 2 aromatic heterocycles. The van der Waals surface area contributed by atoms with Gasteiger partial charge in [-0.25, -0.2) is 19.2 Å². The molecule has 0 spiro atoms. The first-order chi connectivity index (χ1) is 15.5. The second-order valence-corrected chi connectivity index (χ2v) is 9.10. The van der Waals surface area contributed by atoms with Crippen molar-refractivity contribution in [2.75, 3.05) is 24.2 Å². The van der Waals surface area contributed by atoms with Crippen LogP contribution < -0.4 is 10.6 Å². The van der Waals surface area contributed by atoms with Crippen molar-refractivity contribution < 1.29 is 9.18 Å². The molecule has 5 rings (SSSR count). The number of fused-ring (bicyclic) bond motifs is 1. The highest BCUT2D eigenvalue weighted by atomic mass is 19.1. The molecule has 2 amide bonds. The maximum absolute atomic E-state index is 15.3. The predicted molar refractivity (Wildman–Crippen MR) is 124 cm³/mol. The smallest absolute Gasteiger partial charge is 0.324 e. The normalized spacial score (nSPS) is 20.3. The first kappa shape index (κ1) is 20.7. The van der Waals surface area contributed by atoms with Crippen LogP contribution in [0, 0.1) is 11.7 Å². The zero-order chi connectivity index (χ0) is 22.4. The van der Waals surface area contributed by atoms with Crippen molar-refractivity contribution in [3.63, 3.8) is 0 Å². The first-order valence-electron chi connectivity index (χ1n) is 11.4. The number of likely N-dealkylation sites (N-methyl/N-ethyl adjacent to an activating group) is 1. The summed E-state index contributed by atoms with van der Waals surface area (Å²) in [5.74, 6) is 0.433. The zero-order valence-electron chi connectivity index (χ0n) is 18.6. The Kier molecular flexibility index (Phi) is 5.23. The van der Waals surface area contributed by atoms with Crippen molar-refractivity contribution in [1.82, 2.24) is 19.4 Å². The fourth-order valence-corrected chi connectivity index (χ4v) is 5.43. The molecule has 0 radical (unpaired) electrons. The van der Waals surface area contributed by atoms with Gasteiger partial charge < -0.3 is 15.2 Å². The summed E-state index contributed by atoms with van der Waals surface area (Å²) in [5.41, 5.74) is 8.37. The van der Waals surface area contributed by atoms with E-state index in [9.17, 15) is 4.79 Å². The SMILES string of the molecule is CN1C(=O)N(c2ccc(-c3cn(C)c4ncnc(N)c34)c(F)c2)CC1C1CCCCCC1. The summed E-state index contributed by atoms with van der Waals surface area (Å²) in [6.07, 6.45) is 10.5. The number of aromatic nitrogens is 3. The molecule has 3 aromatic rings. The fraction of sp³-hybridized carbons (Fsp3) is 0.458. The van der Waals surface area contributed by atoms with E-state index in [0.717, 1.165) is 12.8 Å². The molecule has 8 heteroatoms. The van der Waals surface area contributed by atoms with Crippen LogP contribution in [0.15, 0.2) is 30.7 Å². The molecule has 32 heavy (non-hydrogen) atoms. The zero-order valence-corrected chi connectivity index (χ0v) is 18.6. The van der Waals surface area contributed by atoms with E-state index in [-0.39, 0.29) is 12.1 Å². The lowest BCUT2D eigenvalue weighted by Gasteiger charge is -2.26. The standard InChI is InChI=1S/C24H29FN6O/c1-29-12-18(21-22(26)27-14-28-23(21)29)17-10-9-16(11-19(17)25)31-13-20(30(2)24(31)32)15-7-5-3-4-6-8-15/h9-12,14-15,20H,3-8,13H2,1-2H3,(H2,26,27,28). The van der Waals surface area contributed by atoms with Gasteiger partial charge in [-0.3, -0.25) is 4.90 Å². The van der Waals surface area contributed by atoms with Crippen LogP contribution >= 0.6 is 0 Å². The number of amides is 2. The number of nitrogens with zero attached hydrogens (tertiary/aromatic N) is 5. The highest BCUT2D eigenvalue weighted by Gasteiger charge is 2.40. The van der Waals surface area contributed by atoms with Gasteiger partial charge in [-0.05, 0) is 37.0 Å². The Morgan fingerprint density at radius 2 is 1.81 bits per heavy atom. The van der Waals surface area contributed by atoms with Gasteiger partial charge in [0.05, 0.1) is 11.4 Å². The van der Waals surface area contributed by atoms with E-state index < -0.39 is 5.82 Å². The number of hydrogen-bond donors (Lipinski definition) is 1. The van der Waals surface area contributed by atoms with E-state index in [0.29, 0.717) is 46.1 Å². The molecule has 7 nitrogen and oxygen atoms in total. The summed E-state index contributed by atoms with van der Waals surface area (Å²) in [6.45, 7) is 0.605. The van der Waals surface area contributed by atoms with Gasteiger partial charge in [-0.15, -0.1) is 0 Å². The second kappa shape index (κ2) is 8.07. The molecule has 1 unspecified atom stereocenters. The van der Waals surface area contributed by atoms with Crippen molar-refractivity contribution in [2.45, 2.75) is 44.6 Å². The lowest BCUT2D eigenvalue weighted by molar-refractivity contribution is 0.196. The van der Waals surface area contributed by atoms with Gasteiger partial charge >= 0.3 is 6.03 Å². The molecular weight excluding hydrogens is 407 g/mol. The minimum absolute atomic E-state index is 0.0609. The minimum atomic E-state index is -0.397. The Bertz CT molecular complexity index is 1170. The third kappa shape index (κ3) is 3.38. The Morgan fingerprint density at radius 3 is 2.53 bits per heavy atom. The van der Waals surface area contributed by atoms with Crippen molar-refractivity contribution >= 4 is 28.6 Å². The van der Waals surface area contributed by atoms with Crippen molar-refractivity contribution in [2.24, 2.45) is 13.0 Å². The van der Waals surface area contributed by atoms with Crippen molar-refractivity contribution in [3.8, 4) is 11.1 Å². The number of halogens is 1. The number of nitrogens with two attached hydrogens (primary N) is 1. The maximum atomic E-state index is 15.3. The van der Waals surface area contributed by atoms with E-state index in [2.05, 4.69) is 9.97 Å². The average Bonchev–Trinajstić information content (AvgIpc) is 3.12. The predicted octanol–water partition coefficient (Wildman–Crippen LogP) is 4.57. The number of hydrogen-bond acceptors (Lipinski definition) is 4. The van der Waals surface area contributed by atoms with E-state index >= 15 is 4.39 Å². The molecular formula is C24H29FN6O. The number of carbonyl (C=O) groups excluding carboxylic acids is 1. The van der Waals surface area contributed by atoms with Crippen LogP contribution in [0.5, 0.6) is 0 Å². The van der Waals surface area contributed by atoms with Crippen LogP contribution in [0.4, 0.5) is 20.7 Å². The summed E-state index contributed by atoms with van der Waals surface area (Å²) in [7, 11) is 3.72. The van der Waals surface area contributed by atoms with Gasteiger partial charge in [0.2, 0.25) is 0 Å². The van der Waals surface area contributed by atoms with Crippen LogP contribution in [-0.4, -0.2) is 45.1 Å². The minimum Gasteiger partial charge on any atom is -0.383 e. The van der Waals surface area contributed by atoms with Gasteiger partial charge in [-0.1, -0.05) is 25.7 Å². The van der Waals surface area contributed by atoms with E-state index in [1.165, 1.54) is 38.1 Å². The highest BCUT2D eigenvalue weighted by Crippen LogP contribution is 2.37. The van der Waals surface area contributed by atoms with Crippen LogP contribution in [0.3, 0.4) is 0 Å². The van der Waals surface area contributed by atoms with Gasteiger partial charge in [-0.2, -0.15) is 0 Å². The molecule has 1 aliphatic heterocycles. The van der Waals surface area contributed by atoms with Gasteiger partial charge in [0.25, 0.3) is 0 Å². The summed E-state index contributed by atoms with van der Waals surface area (Å²) >= 11 is 0. The largest absolute Gasteiger partial charge is 0.383 e. The molecule has 1 aromatic carbocycles. The number of carbonyl (C=O) groups is 1. The lowest BCUT2D eigenvalue weighted by Crippen LogP contribution is -2.36. The number of aryl methyl sites for hydroxylation is 1. The maximum Gasteiger partial charge on any atom is 0.324 e. The van der Waals surface area contributed by atoms with E-state index in [1.807, 2.05) is 35.8 Å². The van der Waals surface area contributed by atoms with Crippen LogP contribution in [0.25, 0.3) is 22.2 Å². The quantitative estimate of drug-likeness (QED) is 0.610. The van der Waals surface area contributed by atoms with Crippen molar-refractivity contribution in [3.05, 3.63) is 36.5 Å². The first-order valence-corrected chi connectivity index (χ1v) is 11.4. The molecule has 1 saturated carbocycles. The topological polar surface area (TPSA) is 80.3 Å². The molecule has 2 aliphatic rings. The van der Waals surface area contributed by atoms with Crippen LogP contribution in [0.1, 0.15) is 38.5 Å². The number of benzene rings is 1. The molecule has 168 valence electrons. The number of rotatable bonds is 3. The van der Waals surface area contributed by atoms with E-state index in [4.69, 9.17) is 5.73 Å². The van der Waals surface area contributed by atoms with Gasteiger partial charge in [0, 0.05) is 43.7 Å². The Hall–Kier alpha value is -3.16. The number of urea groups is 1.